The van der Waals surface area contributed by atoms with Gasteiger partial charge in [0.2, 0.25) is 0 Å². The second kappa shape index (κ2) is 13.8. The van der Waals surface area contributed by atoms with Crippen molar-refractivity contribution in [2.45, 2.75) is 5.41 Å². The average molecular weight is 743 g/mol. The fourth-order valence-electron chi connectivity index (χ4n) is 9.31. The summed E-state index contributed by atoms with van der Waals surface area (Å²) >= 11 is 0. The summed E-state index contributed by atoms with van der Waals surface area (Å²) in [5.74, 6) is 0. The first kappa shape index (κ1) is 33.7. The molecule has 0 unspecified atom stereocenters. The average Bonchev–Trinajstić information content (AvgIpc) is 3.83. The number of hydrogen-bond acceptors (Lipinski definition) is 3. The van der Waals surface area contributed by atoms with Crippen molar-refractivity contribution >= 4 is 56.1 Å². The molecular weight excluding hydrogens is 705 g/mol. The standard InChI is InChI=1S/C55H38N2O/c1-4-19-41(20-5-1)56(42-21-6-2-7-22-42)45-25-16-18-40(38-45)55(49-29-13-10-26-46(49)47-27-11-14-30-50(47)55)39-34-36-44(37-35-39)57(43-23-8-3-9-24-43)51-31-17-33-53-54(51)48-28-12-15-32-52(48)58-53/h1-38H. The monoisotopic (exact) mass is 742 g/mol. The molecule has 3 nitrogen and oxygen atoms in total. The predicted octanol–water partition coefficient (Wildman–Crippen LogP) is 14.9. The number of para-hydroxylation sites is 4. The third-order valence-corrected chi connectivity index (χ3v) is 11.7. The number of benzene rings is 9. The highest BCUT2D eigenvalue weighted by Crippen LogP contribution is 2.57. The SMILES string of the molecule is c1ccc(N(c2ccccc2)c2cccc(C3(c4ccc(N(c5ccccc5)c5cccc6oc7ccccc7c56)cc4)c4ccccc4-c4ccccc43)c2)cc1. The lowest BCUT2D eigenvalue weighted by molar-refractivity contribution is 0.669. The first-order chi connectivity index (χ1) is 28.8. The smallest absolute Gasteiger partial charge is 0.137 e. The fraction of sp³-hybridized carbons (Fsp3) is 0.0182. The largest absolute Gasteiger partial charge is 0.456 e. The molecule has 0 saturated carbocycles. The molecular formula is C55H38N2O. The Bertz CT molecular complexity index is 2980. The van der Waals surface area contributed by atoms with Crippen LogP contribution < -0.4 is 9.80 Å². The van der Waals surface area contributed by atoms with E-state index in [1.807, 2.05) is 12.1 Å². The Hall–Kier alpha value is -7.62. The summed E-state index contributed by atoms with van der Waals surface area (Å²) in [6.45, 7) is 0. The van der Waals surface area contributed by atoms with Gasteiger partial charge in [0.05, 0.1) is 16.5 Å². The van der Waals surface area contributed by atoms with Crippen LogP contribution in [-0.2, 0) is 5.41 Å². The summed E-state index contributed by atoms with van der Waals surface area (Å²) < 4.78 is 6.38. The third-order valence-electron chi connectivity index (χ3n) is 11.7. The molecule has 1 aromatic heterocycles. The molecule has 0 amide bonds. The van der Waals surface area contributed by atoms with Crippen LogP contribution in [0, 0.1) is 0 Å². The van der Waals surface area contributed by atoms with Crippen molar-refractivity contribution in [3.8, 4) is 11.1 Å². The van der Waals surface area contributed by atoms with E-state index in [9.17, 15) is 0 Å². The highest BCUT2D eigenvalue weighted by atomic mass is 16.3. The summed E-state index contributed by atoms with van der Waals surface area (Å²) in [4.78, 5) is 4.71. The molecule has 0 N–H and O–H groups in total. The summed E-state index contributed by atoms with van der Waals surface area (Å²) in [6.07, 6.45) is 0. The highest BCUT2D eigenvalue weighted by molar-refractivity contribution is 6.13. The van der Waals surface area contributed by atoms with E-state index in [1.54, 1.807) is 0 Å². The lowest BCUT2D eigenvalue weighted by atomic mass is 9.67. The number of anilines is 6. The van der Waals surface area contributed by atoms with Crippen molar-refractivity contribution in [2.24, 2.45) is 0 Å². The van der Waals surface area contributed by atoms with Gasteiger partial charge < -0.3 is 14.2 Å². The van der Waals surface area contributed by atoms with Crippen LogP contribution in [0.4, 0.5) is 34.1 Å². The number of furan rings is 1. The van der Waals surface area contributed by atoms with Gasteiger partial charge in [0, 0.05) is 33.8 Å². The van der Waals surface area contributed by atoms with Crippen molar-refractivity contribution < 1.29 is 4.42 Å². The Kier molecular flexibility index (Phi) is 8.04. The van der Waals surface area contributed by atoms with Gasteiger partial charge in [-0.1, -0.05) is 152 Å². The van der Waals surface area contributed by atoms with Crippen LogP contribution in [0.1, 0.15) is 22.3 Å². The molecule has 0 spiro atoms. The quantitative estimate of drug-likeness (QED) is 0.155. The zero-order valence-electron chi connectivity index (χ0n) is 31.7. The van der Waals surface area contributed by atoms with E-state index in [2.05, 4.69) is 228 Å². The molecule has 0 saturated heterocycles. The van der Waals surface area contributed by atoms with Crippen LogP contribution in [0.3, 0.4) is 0 Å². The van der Waals surface area contributed by atoms with Crippen LogP contribution in [0.25, 0.3) is 33.1 Å². The van der Waals surface area contributed by atoms with Crippen molar-refractivity contribution in [2.75, 3.05) is 9.80 Å². The highest BCUT2D eigenvalue weighted by Gasteiger charge is 2.46. The number of nitrogens with zero attached hydrogens (tertiary/aromatic N) is 2. The molecule has 0 bridgehead atoms. The maximum atomic E-state index is 6.38. The van der Waals surface area contributed by atoms with Gasteiger partial charge in [-0.05, 0) is 112 Å². The molecule has 0 atom stereocenters. The maximum absolute atomic E-state index is 6.38. The molecule has 0 radical (unpaired) electrons. The second-order valence-corrected chi connectivity index (χ2v) is 14.9. The van der Waals surface area contributed by atoms with E-state index < -0.39 is 5.41 Å². The van der Waals surface area contributed by atoms with Gasteiger partial charge in [0.1, 0.15) is 11.2 Å². The molecule has 58 heavy (non-hydrogen) atoms. The summed E-state index contributed by atoms with van der Waals surface area (Å²) in [7, 11) is 0. The molecule has 274 valence electrons. The molecule has 1 heterocycles. The van der Waals surface area contributed by atoms with Gasteiger partial charge >= 0.3 is 0 Å². The van der Waals surface area contributed by atoms with E-state index in [4.69, 9.17) is 4.42 Å². The Morgan fingerprint density at radius 3 is 1.45 bits per heavy atom. The van der Waals surface area contributed by atoms with E-state index in [1.165, 1.54) is 33.4 Å². The van der Waals surface area contributed by atoms with Gasteiger partial charge in [-0.2, -0.15) is 0 Å². The molecule has 0 fully saturated rings. The van der Waals surface area contributed by atoms with Crippen LogP contribution >= 0.6 is 0 Å². The van der Waals surface area contributed by atoms with Gasteiger partial charge in [-0.3, -0.25) is 0 Å². The summed E-state index contributed by atoms with van der Waals surface area (Å²) in [5.41, 5.74) is 15.2. The Labute approximate surface area is 338 Å². The lowest BCUT2D eigenvalue weighted by Crippen LogP contribution is -2.29. The number of rotatable bonds is 8. The molecule has 11 rings (SSSR count). The van der Waals surface area contributed by atoms with Crippen LogP contribution in [0.5, 0.6) is 0 Å². The van der Waals surface area contributed by atoms with E-state index >= 15 is 0 Å². The maximum Gasteiger partial charge on any atom is 0.137 e. The number of hydrogen-bond donors (Lipinski definition) is 0. The van der Waals surface area contributed by atoms with E-state index in [-0.39, 0.29) is 0 Å². The van der Waals surface area contributed by atoms with Crippen LogP contribution in [0.2, 0.25) is 0 Å². The minimum atomic E-state index is -0.584. The van der Waals surface area contributed by atoms with E-state index in [0.717, 1.165) is 56.1 Å². The van der Waals surface area contributed by atoms with Crippen molar-refractivity contribution in [3.63, 3.8) is 0 Å². The number of fused-ring (bicyclic) bond motifs is 6. The zero-order chi connectivity index (χ0) is 38.5. The van der Waals surface area contributed by atoms with Crippen molar-refractivity contribution in [1.82, 2.24) is 0 Å². The molecule has 9 aromatic carbocycles. The Morgan fingerprint density at radius 1 is 0.328 bits per heavy atom. The van der Waals surface area contributed by atoms with E-state index in [0.29, 0.717) is 0 Å². The van der Waals surface area contributed by atoms with Crippen molar-refractivity contribution in [3.05, 3.63) is 253 Å². The van der Waals surface area contributed by atoms with Gasteiger partial charge in [0.25, 0.3) is 0 Å². The van der Waals surface area contributed by atoms with Crippen molar-refractivity contribution in [1.29, 1.82) is 0 Å². The Morgan fingerprint density at radius 2 is 0.810 bits per heavy atom. The summed E-state index contributed by atoms with van der Waals surface area (Å²) in [5, 5.41) is 2.20. The molecule has 0 aliphatic heterocycles. The van der Waals surface area contributed by atoms with Gasteiger partial charge in [0.15, 0.2) is 0 Å². The molecule has 1 aliphatic rings. The van der Waals surface area contributed by atoms with Gasteiger partial charge in [-0.15, -0.1) is 0 Å². The second-order valence-electron chi connectivity index (χ2n) is 14.9. The topological polar surface area (TPSA) is 19.6 Å². The summed E-state index contributed by atoms with van der Waals surface area (Å²) in [6, 6.07) is 82.9. The predicted molar refractivity (Wildman–Crippen MR) is 240 cm³/mol. The molecule has 3 heteroatoms. The van der Waals surface area contributed by atoms with Gasteiger partial charge in [-0.25, -0.2) is 0 Å². The minimum Gasteiger partial charge on any atom is -0.456 e. The van der Waals surface area contributed by atoms with Crippen LogP contribution in [-0.4, -0.2) is 0 Å². The zero-order valence-corrected chi connectivity index (χ0v) is 31.7. The third kappa shape index (κ3) is 5.28. The molecule has 10 aromatic rings. The van der Waals surface area contributed by atoms with Crippen LogP contribution in [0.15, 0.2) is 235 Å². The molecule has 1 aliphatic carbocycles. The first-order valence-electron chi connectivity index (χ1n) is 19.9. The first-order valence-corrected chi connectivity index (χ1v) is 19.9. The normalized spacial score (nSPS) is 12.6. The minimum absolute atomic E-state index is 0.584. The fourth-order valence-corrected chi connectivity index (χ4v) is 9.31. The lowest BCUT2D eigenvalue weighted by Gasteiger charge is -2.35. The Balaban J connectivity index is 1.13.